The average Bonchev–Trinajstić information content (AvgIpc) is 3.26. The molecule has 1 saturated carbocycles. The van der Waals surface area contributed by atoms with E-state index in [-0.39, 0.29) is 16.4 Å². The molecule has 1 aliphatic heterocycles. The summed E-state index contributed by atoms with van der Waals surface area (Å²) in [6, 6.07) is 5.30. The van der Waals surface area contributed by atoms with Gasteiger partial charge in [0.05, 0.1) is 22.8 Å². The highest BCUT2D eigenvalue weighted by molar-refractivity contribution is 14.1. The van der Waals surface area contributed by atoms with Crippen LogP contribution >= 0.6 is 22.6 Å². The van der Waals surface area contributed by atoms with Crippen molar-refractivity contribution < 1.29 is 23.9 Å². The third-order valence-corrected chi connectivity index (χ3v) is 15.8. The van der Waals surface area contributed by atoms with Crippen LogP contribution in [0.2, 0.25) is 18.1 Å². The van der Waals surface area contributed by atoms with E-state index < -0.39 is 32.5 Å². The van der Waals surface area contributed by atoms with Gasteiger partial charge in [-0.2, -0.15) is 5.06 Å². The molecule has 0 aromatic heterocycles. The van der Waals surface area contributed by atoms with Gasteiger partial charge >= 0.3 is 0 Å². The molecule has 2 aliphatic rings. The van der Waals surface area contributed by atoms with Crippen molar-refractivity contribution in [1.29, 1.82) is 0 Å². The summed E-state index contributed by atoms with van der Waals surface area (Å²) in [5.41, 5.74) is 1.18. The second-order valence-corrected chi connectivity index (χ2v) is 20.6. The summed E-state index contributed by atoms with van der Waals surface area (Å²) in [7, 11) is -2.08. The van der Waals surface area contributed by atoms with Gasteiger partial charge in [-0.25, -0.2) is 0 Å². The predicted octanol–water partition coefficient (Wildman–Crippen LogP) is 6.79. The third-order valence-electron chi connectivity index (χ3n) is 10.5. The molecule has 1 aromatic rings. The van der Waals surface area contributed by atoms with Crippen molar-refractivity contribution in [2.45, 2.75) is 105 Å². The zero-order valence-corrected chi connectivity index (χ0v) is 30.7. The van der Waals surface area contributed by atoms with Crippen molar-refractivity contribution in [2.75, 3.05) is 19.8 Å². The number of nitrogens with zero attached hydrogens (tertiary/aromatic N) is 1. The molecule has 0 radical (unpaired) electrons. The standard InChI is InChI=1S/C33H55IN2O5Si/c1-12-16-39-30-24(14-13-15-26(30)34)19-36-29(31(38)35-18-21(2)25-17-22(3)33(25,8)9)28(23(4)37)27(41-36)20-40-42(10,11)32(5,6)7/h12-15,21-23,25,27-29,37H,1,16-20H2,2-11H3,(H,35,38)/t21-,22+,23+,25+,27+,28-,29+/m1/s1. The molecule has 1 saturated heterocycles. The first-order valence-electron chi connectivity index (χ1n) is 15.5. The van der Waals surface area contributed by atoms with Crippen LogP contribution in [0.15, 0.2) is 30.9 Å². The van der Waals surface area contributed by atoms with E-state index in [0.29, 0.717) is 44.1 Å². The van der Waals surface area contributed by atoms with Gasteiger partial charge in [0.15, 0.2) is 8.32 Å². The summed E-state index contributed by atoms with van der Waals surface area (Å²) in [5.74, 6) is 1.79. The lowest BCUT2D eigenvalue weighted by Gasteiger charge is -2.53. The Balaban J connectivity index is 1.88. The number of aliphatic hydroxyl groups is 1. The van der Waals surface area contributed by atoms with E-state index in [9.17, 15) is 9.90 Å². The van der Waals surface area contributed by atoms with Gasteiger partial charge in [0.1, 0.15) is 24.5 Å². The minimum atomic E-state index is -2.08. The van der Waals surface area contributed by atoms with Crippen molar-refractivity contribution in [3.63, 3.8) is 0 Å². The van der Waals surface area contributed by atoms with Crippen molar-refractivity contribution >= 4 is 36.8 Å². The Labute approximate surface area is 269 Å². The molecule has 1 aliphatic carbocycles. The van der Waals surface area contributed by atoms with Gasteiger partial charge in [-0.3, -0.25) is 9.63 Å². The quantitative estimate of drug-likeness (QED) is 0.133. The lowest BCUT2D eigenvalue weighted by Crippen LogP contribution is -2.52. The number of hydrogen-bond donors (Lipinski definition) is 2. The van der Waals surface area contributed by atoms with Gasteiger partial charge < -0.3 is 19.6 Å². The Morgan fingerprint density at radius 3 is 2.55 bits per heavy atom. The van der Waals surface area contributed by atoms with E-state index in [2.05, 4.69) is 96.0 Å². The van der Waals surface area contributed by atoms with E-state index in [1.54, 1.807) is 18.1 Å². The lowest BCUT2D eigenvalue weighted by atomic mass is 9.52. The van der Waals surface area contributed by atoms with Crippen LogP contribution in [0.4, 0.5) is 0 Å². The second-order valence-electron chi connectivity index (χ2n) is 14.7. The molecule has 7 atom stereocenters. The number of rotatable bonds is 13. The Hall–Kier alpha value is -0.983. The lowest BCUT2D eigenvalue weighted by molar-refractivity contribution is -0.181. The fraction of sp³-hybridized carbons (Fsp3) is 0.727. The first-order chi connectivity index (χ1) is 19.4. The number of halogens is 1. The van der Waals surface area contributed by atoms with Gasteiger partial charge in [0.25, 0.3) is 0 Å². The van der Waals surface area contributed by atoms with Crippen LogP contribution in [0.25, 0.3) is 0 Å². The summed E-state index contributed by atoms with van der Waals surface area (Å²) in [6.45, 7) is 27.4. The molecule has 42 heavy (non-hydrogen) atoms. The maximum Gasteiger partial charge on any atom is 0.240 e. The first kappa shape index (κ1) is 35.5. The van der Waals surface area contributed by atoms with Crippen molar-refractivity contribution in [2.24, 2.45) is 29.1 Å². The molecule has 1 aromatic carbocycles. The van der Waals surface area contributed by atoms with Crippen LogP contribution in [-0.2, 0) is 20.6 Å². The highest BCUT2D eigenvalue weighted by Gasteiger charge is 2.51. The topological polar surface area (TPSA) is 80.3 Å². The molecule has 7 nitrogen and oxygen atoms in total. The zero-order valence-electron chi connectivity index (χ0n) is 27.5. The Kier molecular flexibility index (Phi) is 11.8. The van der Waals surface area contributed by atoms with E-state index in [1.807, 2.05) is 18.2 Å². The molecular weight excluding hydrogens is 659 g/mol. The van der Waals surface area contributed by atoms with E-state index in [4.69, 9.17) is 14.0 Å². The number of carbonyl (C=O) groups is 1. The maximum atomic E-state index is 14.0. The van der Waals surface area contributed by atoms with Crippen molar-refractivity contribution in [1.82, 2.24) is 10.4 Å². The van der Waals surface area contributed by atoms with Crippen LogP contribution in [0.5, 0.6) is 5.75 Å². The first-order valence-corrected chi connectivity index (χ1v) is 19.4. The fourth-order valence-corrected chi connectivity index (χ4v) is 7.91. The third kappa shape index (κ3) is 7.80. The van der Waals surface area contributed by atoms with Crippen LogP contribution in [0, 0.1) is 32.7 Å². The number of benzene rings is 1. The number of hydroxylamine groups is 2. The largest absolute Gasteiger partial charge is 0.488 e. The fourth-order valence-electron chi connectivity index (χ4n) is 6.19. The number of ether oxygens (including phenoxy) is 1. The van der Waals surface area contributed by atoms with Crippen molar-refractivity contribution in [3.8, 4) is 5.75 Å². The summed E-state index contributed by atoms with van der Waals surface area (Å²) in [4.78, 5) is 20.6. The number of carbonyl (C=O) groups excluding carboxylic acids is 1. The van der Waals surface area contributed by atoms with Gasteiger partial charge in [0.2, 0.25) is 5.91 Å². The second kappa shape index (κ2) is 14.0. The minimum absolute atomic E-state index is 0.0312. The maximum absolute atomic E-state index is 14.0. The Bertz CT molecular complexity index is 1090. The summed E-state index contributed by atoms with van der Waals surface area (Å²) in [5, 5.41) is 16.1. The highest BCUT2D eigenvalue weighted by atomic mass is 127. The molecule has 9 heteroatoms. The highest BCUT2D eigenvalue weighted by Crippen LogP contribution is 2.54. The van der Waals surface area contributed by atoms with Crippen molar-refractivity contribution in [3.05, 3.63) is 40.0 Å². The monoisotopic (exact) mass is 714 g/mol. The zero-order chi connectivity index (χ0) is 31.6. The number of nitrogens with one attached hydrogen (secondary N) is 1. The van der Waals surface area contributed by atoms with Crippen LogP contribution in [0.3, 0.4) is 0 Å². The predicted molar refractivity (Wildman–Crippen MR) is 181 cm³/mol. The smallest absolute Gasteiger partial charge is 0.240 e. The van der Waals surface area contributed by atoms with Gasteiger partial charge in [-0.05, 0) is 83.3 Å². The molecule has 0 unspecified atom stereocenters. The van der Waals surface area contributed by atoms with Crippen LogP contribution in [-0.4, -0.2) is 62.4 Å². The molecule has 2 N–H and O–H groups in total. The SMILES string of the molecule is C=CCOc1c(I)cccc1CN1O[C@@H](CO[Si](C)(C)C(C)(C)C)[C@@H]([C@H](C)O)[C@H]1C(=O)NC[C@@H](C)[C@@H]1C[C@H](C)C1(C)C. The molecule has 0 bridgehead atoms. The normalized spacial score (nSPS) is 27.7. The summed E-state index contributed by atoms with van der Waals surface area (Å²) >= 11 is 2.27. The molecule has 1 heterocycles. The van der Waals surface area contributed by atoms with E-state index in [1.165, 1.54) is 6.42 Å². The number of aliphatic hydroxyl groups excluding tert-OH is 1. The van der Waals surface area contributed by atoms with E-state index in [0.717, 1.165) is 14.9 Å². The molecule has 3 rings (SSSR count). The summed E-state index contributed by atoms with van der Waals surface area (Å²) in [6.07, 6.45) is 1.68. The molecule has 0 spiro atoms. The van der Waals surface area contributed by atoms with Gasteiger partial charge in [0, 0.05) is 18.0 Å². The Morgan fingerprint density at radius 2 is 2.00 bits per heavy atom. The van der Waals surface area contributed by atoms with Crippen LogP contribution in [0.1, 0.15) is 67.4 Å². The molecule has 238 valence electrons. The van der Waals surface area contributed by atoms with E-state index >= 15 is 0 Å². The minimum Gasteiger partial charge on any atom is -0.488 e. The number of hydrogen-bond acceptors (Lipinski definition) is 6. The molecule has 2 fully saturated rings. The van der Waals surface area contributed by atoms with Crippen LogP contribution < -0.4 is 10.1 Å². The number of para-hydroxylation sites is 1. The van der Waals surface area contributed by atoms with Gasteiger partial charge in [-0.15, -0.1) is 0 Å². The molecule has 1 amide bonds. The Morgan fingerprint density at radius 1 is 1.33 bits per heavy atom. The summed E-state index contributed by atoms with van der Waals surface area (Å²) < 4.78 is 13.6. The average molecular weight is 715 g/mol. The molecular formula is C33H55IN2O5Si. The number of amides is 1. The van der Waals surface area contributed by atoms with Gasteiger partial charge in [-0.1, -0.05) is 73.3 Å².